The summed E-state index contributed by atoms with van der Waals surface area (Å²) >= 11 is 6.18. The summed E-state index contributed by atoms with van der Waals surface area (Å²) in [5, 5.41) is 3.43. The Bertz CT molecular complexity index is 733. The van der Waals surface area contributed by atoms with Crippen molar-refractivity contribution in [3.63, 3.8) is 0 Å². The van der Waals surface area contributed by atoms with Gasteiger partial charge in [-0.2, -0.15) is 0 Å². The Labute approximate surface area is 139 Å². The number of halogens is 1. The lowest BCUT2D eigenvalue weighted by atomic mass is 10.1. The van der Waals surface area contributed by atoms with Gasteiger partial charge in [0.1, 0.15) is 6.04 Å². The molecule has 0 spiro atoms. The fraction of sp³-hybridized carbons (Fsp3) is 0.222. The Hall–Kier alpha value is -2.33. The van der Waals surface area contributed by atoms with E-state index < -0.39 is 11.9 Å². The summed E-state index contributed by atoms with van der Waals surface area (Å²) in [5.41, 5.74) is 7.09. The first-order chi connectivity index (χ1) is 11.1. The van der Waals surface area contributed by atoms with Crippen molar-refractivity contribution in [2.24, 2.45) is 11.7 Å². The quantitative estimate of drug-likeness (QED) is 0.885. The Morgan fingerprint density at radius 2 is 1.74 bits per heavy atom. The van der Waals surface area contributed by atoms with Crippen molar-refractivity contribution in [2.75, 3.05) is 0 Å². The Balaban J connectivity index is 1.70. The Kier molecular flexibility index (Phi) is 4.35. The van der Waals surface area contributed by atoms with Crippen LogP contribution in [-0.4, -0.2) is 11.8 Å². The first kappa shape index (κ1) is 15.6. The predicted octanol–water partition coefficient (Wildman–Crippen LogP) is 2.79. The summed E-state index contributed by atoms with van der Waals surface area (Å²) in [6, 6.07) is 15.7. The van der Waals surface area contributed by atoms with Crippen LogP contribution in [0.1, 0.15) is 29.5 Å². The molecule has 1 saturated carbocycles. The molecule has 5 heteroatoms. The molecule has 2 aromatic carbocycles. The molecular weight excluding hydrogens is 312 g/mol. The minimum absolute atomic E-state index is 0.105. The average Bonchev–Trinajstić information content (AvgIpc) is 3.34. The summed E-state index contributed by atoms with van der Waals surface area (Å²) < 4.78 is 0. The van der Waals surface area contributed by atoms with Gasteiger partial charge in [-0.3, -0.25) is 9.59 Å². The molecule has 3 rings (SSSR count). The van der Waals surface area contributed by atoms with E-state index in [0.717, 1.165) is 12.0 Å². The van der Waals surface area contributed by atoms with Crippen LogP contribution in [0.25, 0.3) is 0 Å². The highest BCUT2D eigenvalue weighted by Crippen LogP contribution is 2.49. The van der Waals surface area contributed by atoms with Gasteiger partial charge in [-0.25, -0.2) is 0 Å². The van der Waals surface area contributed by atoms with Crippen molar-refractivity contribution in [2.45, 2.75) is 18.4 Å². The molecule has 0 heterocycles. The van der Waals surface area contributed by atoms with E-state index >= 15 is 0 Å². The van der Waals surface area contributed by atoms with E-state index in [-0.39, 0.29) is 17.7 Å². The lowest BCUT2D eigenvalue weighted by Crippen LogP contribution is -2.38. The first-order valence-corrected chi connectivity index (χ1v) is 7.85. The van der Waals surface area contributed by atoms with E-state index in [1.807, 2.05) is 30.3 Å². The van der Waals surface area contributed by atoms with E-state index in [0.29, 0.717) is 10.6 Å². The van der Waals surface area contributed by atoms with Crippen molar-refractivity contribution in [1.29, 1.82) is 0 Å². The van der Waals surface area contributed by atoms with Gasteiger partial charge in [0.05, 0.1) is 0 Å². The smallest absolute Gasteiger partial charge is 0.244 e. The molecule has 2 amide bonds. The summed E-state index contributed by atoms with van der Waals surface area (Å²) in [6.07, 6.45) is 0.732. The molecule has 0 radical (unpaired) electrons. The van der Waals surface area contributed by atoms with Gasteiger partial charge in [0.15, 0.2) is 0 Å². The standard InChI is InChI=1S/C18H17ClN2O2/c19-15-9-5-4-8-12(15)13-10-14(13)18(23)21-16(17(20)22)11-6-2-1-3-7-11/h1-9,13-14,16H,10H2,(H2,20,22)(H,21,23). The molecule has 0 saturated heterocycles. The van der Waals surface area contributed by atoms with Crippen LogP contribution < -0.4 is 11.1 Å². The zero-order chi connectivity index (χ0) is 16.4. The van der Waals surface area contributed by atoms with E-state index in [2.05, 4.69) is 5.32 Å². The van der Waals surface area contributed by atoms with Gasteiger partial charge < -0.3 is 11.1 Å². The number of benzene rings is 2. The minimum atomic E-state index is -0.809. The highest BCUT2D eigenvalue weighted by molar-refractivity contribution is 6.31. The highest BCUT2D eigenvalue weighted by atomic mass is 35.5. The van der Waals surface area contributed by atoms with Crippen LogP contribution >= 0.6 is 11.6 Å². The number of hydrogen-bond donors (Lipinski definition) is 2. The van der Waals surface area contributed by atoms with Gasteiger partial charge in [-0.05, 0) is 29.5 Å². The number of carbonyl (C=O) groups is 2. The third kappa shape index (κ3) is 3.37. The third-order valence-corrected chi connectivity index (χ3v) is 4.48. The van der Waals surface area contributed by atoms with Crippen LogP contribution in [0.5, 0.6) is 0 Å². The van der Waals surface area contributed by atoms with Crippen LogP contribution in [0.2, 0.25) is 5.02 Å². The van der Waals surface area contributed by atoms with Crippen molar-refractivity contribution < 1.29 is 9.59 Å². The molecule has 1 aliphatic carbocycles. The van der Waals surface area contributed by atoms with Gasteiger partial charge in [-0.15, -0.1) is 0 Å². The minimum Gasteiger partial charge on any atom is -0.368 e. The third-order valence-electron chi connectivity index (χ3n) is 4.14. The summed E-state index contributed by atoms with van der Waals surface area (Å²) in [7, 11) is 0. The van der Waals surface area contributed by atoms with Gasteiger partial charge in [0.25, 0.3) is 0 Å². The molecule has 1 fully saturated rings. The van der Waals surface area contributed by atoms with E-state index in [1.54, 1.807) is 24.3 Å². The topological polar surface area (TPSA) is 72.2 Å². The molecular formula is C18H17ClN2O2. The lowest BCUT2D eigenvalue weighted by Gasteiger charge is -2.16. The largest absolute Gasteiger partial charge is 0.368 e. The fourth-order valence-corrected chi connectivity index (χ4v) is 3.09. The summed E-state index contributed by atoms with van der Waals surface area (Å²) in [4.78, 5) is 24.1. The van der Waals surface area contributed by atoms with Crippen molar-refractivity contribution >= 4 is 23.4 Å². The molecule has 4 nitrogen and oxygen atoms in total. The number of carbonyl (C=O) groups excluding carboxylic acids is 2. The summed E-state index contributed by atoms with van der Waals surface area (Å²) in [6.45, 7) is 0. The van der Waals surface area contributed by atoms with Gasteiger partial charge >= 0.3 is 0 Å². The molecule has 3 unspecified atom stereocenters. The lowest BCUT2D eigenvalue weighted by molar-refractivity contribution is -0.128. The second-order valence-electron chi connectivity index (χ2n) is 5.72. The second kappa shape index (κ2) is 6.42. The molecule has 3 atom stereocenters. The molecule has 0 aliphatic heterocycles. The fourth-order valence-electron chi connectivity index (χ4n) is 2.82. The maximum absolute atomic E-state index is 12.4. The molecule has 2 aromatic rings. The molecule has 1 aliphatic rings. The Morgan fingerprint density at radius 3 is 2.39 bits per heavy atom. The molecule has 0 bridgehead atoms. The predicted molar refractivity (Wildman–Crippen MR) is 88.8 cm³/mol. The van der Waals surface area contributed by atoms with Crippen LogP contribution in [0, 0.1) is 5.92 Å². The van der Waals surface area contributed by atoms with Crippen LogP contribution in [-0.2, 0) is 9.59 Å². The van der Waals surface area contributed by atoms with Crippen molar-refractivity contribution in [1.82, 2.24) is 5.32 Å². The molecule has 23 heavy (non-hydrogen) atoms. The maximum atomic E-state index is 12.4. The van der Waals surface area contributed by atoms with Crippen LogP contribution in [0.4, 0.5) is 0 Å². The second-order valence-corrected chi connectivity index (χ2v) is 6.13. The number of nitrogens with two attached hydrogens (primary N) is 1. The Morgan fingerprint density at radius 1 is 1.09 bits per heavy atom. The van der Waals surface area contributed by atoms with Crippen molar-refractivity contribution in [3.05, 3.63) is 70.7 Å². The van der Waals surface area contributed by atoms with Gasteiger partial charge in [0.2, 0.25) is 11.8 Å². The molecule has 0 aromatic heterocycles. The van der Waals surface area contributed by atoms with Crippen LogP contribution in [0.15, 0.2) is 54.6 Å². The van der Waals surface area contributed by atoms with Crippen molar-refractivity contribution in [3.8, 4) is 0 Å². The zero-order valence-electron chi connectivity index (χ0n) is 12.4. The number of hydrogen-bond acceptors (Lipinski definition) is 2. The van der Waals surface area contributed by atoms with Crippen LogP contribution in [0.3, 0.4) is 0 Å². The number of primary amides is 1. The maximum Gasteiger partial charge on any atom is 0.244 e. The number of nitrogens with one attached hydrogen (secondary N) is 1. The van der Waals surface area contributed by atoms with E-state index in [1.165, 1.54) is 0 Å². The highest BCUT2D eigenvalue weighted by Gasteiger charge is 2.45. The monoisotopic (exact) mass is 328 g/mol. The number of amides is 2. The summed E-state index contributed by atoms with van der Waals surface area (Å²) in [5.74, 6) is -0.796. The van der Waals surface area contributed by atoms with E-state index in [9.17, 15) is 9.59 Å². The average molecular weight is 329 g/mol. The normalized spacial score (nSPS) is 20.6. The van der Waals surface area contributed by atoms with Gasteiger partial charge in [0, 0.05) is 10.9 Å². The SMILES string of the molecule is NC(=O)C(NC(=O)C1CC1c1ccccc1Cl)c1ccccc1. The van der Waals surface area contributed by atoms with E-state index in [4.69, 9.17) is 17.3 Å². The zero-order valence-corrected chi connectivity index (χ0v) is 13.2. The first-order valence-electron chi connectivity index (χ1n) is 7.47. The molecule has 3 N–H and O–H groups in total. The van der Waals surface area contributed by atoms with Gasteiger partial charge in [-0.1, -0.05) is 60.1 Å². The number of rotatable bonds is 5. The molecule has 118 valence electrons.